The number of carbonyl (C=O) groups excluding carboxylic acids is 1. The van der Waals surface area contributed by atoms with Crippen LogP contribution in [-0.2, 0) is 11.2 Å². The number of thioether (sulfide) groups is 1. The van der Waals surface area contributed by atoms with E-state index in [0.29, 0.717) is 12.8 Å². The smallest absolute Gasteiger partial charge is 0.326 e. The Morgan fingerprint density at radius 1 is 1.24 bits per heavy atom. The maximum Gasteiger partial charge on any atom is 0.326 e. The van der Waals surface area contributed by atoms with Gasteiger partial charge in [-0.15, -0.1) is 0 Å². The summed E-state index contributed by atoms with van der Waals surface area (Å²) in [6, 6.07) is 8.31. The third-order valence-corrected chi connectivity index (χ3v) is 3.80. The van der Waals surface area contributed by atoms with Gasteiger partial charge in [0.15, 0.2) is 0 Å². The molecule has 3 N–H and O–H groups in total. The van der Waals surface area contributed by atoms with Crippen LogP contribution in [-0.4, -0.2) is 41.2 Å². The zero-order valence-electron chi connectivity index (χ0n) is 12.3. The van der Waals surface area contributed by atoms with Crippen molar-refractivity contribution in [3.05, 3.63) is 35.9 Å². The molecule has 21 heavy (non-hydrogen) atoms. The molecule has 5 nitrogen and oxygen atoms in total. The molecule has 116 valence electrons. The predicted octanol–water partition coefficient (Wildman–Crippen LogP) is 2.12. The monoisotopic (exact) mass is 310 g/mol. The van der Waals surface area contributed by atoms with Crippen LogP contribution in [0.5, 0.6) is 0 Å². The van der Waals surface area contributed by atoms with Crippen LogP contribution in [0.1, 0.15) is 18.9 Å². The Morgan fingerprint density at radius 3 is 2.48 bits per heavy atom. The van der Waals surface area contributed by atoms with E-state index in [0.717, 1.165) is 11.3 Å². The summed E-state index contributed by atoms with van der Waals surface area (Å²) in [5.41, 5.74) is 1.06. The Hall–Kier alpha value is -1.69. The fourth-order valence-electron chi connectivity index (χ4n) is 1.93. The second-order valence-electron chi connectivity index (χ2n) is 4.89. The highest BCUT2D eigenvalue weighted by Gasteiger charge is 2.20. The number of carbonyl (C=O) groups is 2. The number of nitrogens with one attached hydrogen (secondary N) is 2. The van der Waals surface area contributed by atoms with Crippen LogP contribution in [0.3, 0.4) is 0 Å². The largest absolute Gasteiger partial charge is 0.480 e. The molecule has 0 aliphatic rings. The number of hydrogen-bond donors (Lipinski definition) is 3. The van der Waals surface area contributed by atoms with E-state index in [2.05, 4.69) is 10.6 Å². The number of hydrogen-bond acceptors (Lipinski definition) is 3. The molecule has 2 atom stereocenters. The summed E-state index contributed by atoms with van der Waals surface area (Å²) in [5, 5.41) is 14.4. The number of carboxylic acids is 1. The highest BCUT2D eigenvalue weighted by atomic mass is 32.2. The van der Waals surface area contributed by atoms with Crippen molar-refractivity contribution in [3.8, 4) is 0 Å². The Labute approximate surface area is 129 Å². The van der Waals surface area contributed by atoms with Crippen LogP contribution in [0, 0.1) is 0 Å². The molecule has 1 rings (SSSR count). The minimum atomic E-state index is -1.02. The molecule has 0 saturated heterocycles. The molecule has 2 amide bonds. The van der Waals surface area contributed by atoms with Gasteiger partial charge in [0.05, 0.1) is 0 Å². The molecule has 0 aromatic heterocycles. The molecular weight excluding hydrogens is 288 g/mol. The molecule has 0 aliphatic heterocycles. The van der Waals surface area contributed by atoms with Crippen molar-refractivity contribution in [1.82, 2.24) is 10.6 Å². The standard InChI is InChI=1S/C15H22N2O3S/c1-11(10-21-2)16-15(20)17-13(14(18)19)9-8-12-6-4-3-5-7-12/h3-7,11,13H,8-10H2,1-2H3,(H,18,19)(H2,16,17,20)/t11?,13-/m0/s1. The van der Waals surface area contributed by atoms with E-state index in [4.69, 9.17) is 0 Å². The molecule has 1 aromatic carbocycles. The Balaban J connectivity index is 2.46. The van der Waals surface area contributed by atoms with Crippen molar-refractivity contribution in [3.63, 3.8) is 0 Å². The molecule has 1 unspecified atom stereocenters. The van der Waals surface area contributed by atoms with Gasteiger partial charge in [-0.25, -0.2) is 9.59 Å². The van der Waals surface area contributed by atoms with Crippen LogP contribution in [0.2, 0.25) is 0 Å². The Kier molecular flexibility index (Phi) is 7.68. The summed E-state index contributed by atoms with van der Waals surface area (Å²) in [6.45, 7) is 1.88. The average molecular weight is 310 g/mol. The van der Waals surface area contributed by atoms with E-state index >= 15 is 0 Å². The highest BCUT2D eigenvalue weighted by molar-refractivity contribution is 7.98. The molecular formula is C15H22N2O3S. The van der Waals surface area contributed by atoms with Gasteiger partial charge in [-0.2, -0.15) is 11.8 Å². The Bertz CT molecular complexity index is 453. The zero-order chi connectivity index (χ0) is 15.7. The van der Waals surface area contributed by atoms with Gasteiger partial charge in [-0.05, 0) is 31.6 Å². The van der Waals surface area contributed by atoms with Gasteiger partial charge < -0.3 is 15.7 Å². The third kappa shape index (κ3) is 7.04. The lowest BCUT2D eigenvalue weighted by atomic mass is 10.1. The van der Waals surface area contributed by atoms with Gasteiger partial charge in [0.1, 0.15) is 6.04 Å². The van der Waals surface area contributed by atoms with E-state index in [1.54, 1.807) is 11.8 Å². The minimum Gasteiger partial charge on any atom is -0.480 e. The van der Waals surface area contributed by atoms with Gasteiger partial charge in [0, 0.05) is 11.8 Å². The maximum absolute atomic E-state index is 11.8. The lowest BCUT2D eigenvalue weighted by Crippen LogP contribution is -2.49. The normalized spacial score (nSPS) is 13.2. The summed E-state index contributed by atoms with van der Waals surface area (Å²) in [6.07, 6.45) is 2.93. The van der Waals surface area contributed by atoms with Crippen molar-refractivity contribution in [2.45, 2.75) is 31.8 Å². The van der Waals surface area contributed by atoms with Gasteiger partial charge in [-0.3, -0.25) is 0 Å². The lowest BCUT2D eigenvalue weighted by Gasteiger charge is -2.18. The summed E-state index contributed by atoms with van der Waals surface area (Å²) in [5.74, 6) is -0.228. The number of rotatable bonds is 8. The van der Waals surface area contributed by atoms with Crippen molar-refractivity contribution >= 4 is 23.8 Å². The van der Waals surface area contributed by atoms with Crippen LogP contribution in [0.15, 0.2) is 30.3 Å². The van der Waals surface area contributed by atoms with Crippen LogP contribution >= 0.6 is 11.8 Å². The topological polar surface area (TPSA) is 78.4 Å². The van der Waals surface area contributed by atoms with Crippen LogP contribution in [0.4, 0.5) is 4.79 Å². The maximum atomic E-state index is 11.8. The zero-order valence-corrected chi connectivity index (χ0v) is 13.2. The van der Waals surface area contributed by atoms with E-state index in [1.165, 1.54) is 0 Å². The molecule has 0 saturated carbocycles. The van der Waals surface area contributed by atoms with E-state index in [-0.39, 0.29) is 6.04 Å². The lowest BCUT2D eigenvalue weighted by molar-refractivity contribution is -0.139. The van der Waals surface area contributed by atoms with Crippen molar-refractivity contribution in [1.29, 1.82) is 0 Å². The van der Waals surface area contributed by atoms with Gasteiger partial charge >= 0.3 is 12.0 Å². The first-order chi connectivity index (χ1) is 10.0. The summed E-state index contributed by atoms with van der Waals surface area (Å²) < 4.78 is 0. The SMILES string of the molecule is CSCC(C)NC(=O)N[C@@H](CCc1ccccc1)C(=O)O. The van der Waals surface area contributed by atoms with Crippen molar-refractivity contribution in [2.24, 2.45) is 0 Å². The fourth-order valence-corrected chi connectivity index (χ4v) is 2.51. The predicted molar refractivity (Wildman–Crippen MR) is 85.7 cm³/mol. The number of aliphatic carboxylic acids is 1. The summed E-state index contributed by atoms with van der Waals surface area (Å²) >= 11 is 1.63. The first-order valence-electron chi connectivity index (χ1n) is 6.85. The molecule has 0 radical (unpaired) electrons. The number of carboxylic acid groups (broad SMARTS) is 1. The highest BCUT2D eigenvalue weighted by Crippen LogP contribution is 2.05. The Morgan fingerprint density at radius 2 is 1.90 bits per heavy atom. The fraction of sp³-hybridized carbons (Fsp3) is 0.467. The van der Waals surface area contributed by atoms with Gasteiger partial charge in [0.25, 0.3) is 0 Å². The molecule has 0 spiro atoms. The first-order valence-corrected chi connectivity index (χ1v) is 8.25. The van der Waals surface area contributed by atoms with Crippen molar-refractivity contribution in [2.75, 3.05) is 12.0 Å². The first kappa shape index (κ1) is 17.4. The summed E-state index contributed by atoms with van der Waals surface area (Å²) in [7, 11) is 0. The number of urea groups is 1. The van der Waals surface area contributed by atoms with Gasteiger partial charge in [0.2, 0.25) is 0 Å². The molecule has 0 aliphatic carbocycles. The molecule has 6 heteroatoms. The van der Waals surface area contributed by atoms with Gasteiger partial charge in [-0.1, -0.05) is 30.3 Å². The second-order valence-corrected chi connectivity index (χ2v) is 5.80. The van der Waals surface area contributed by atoms with E-state index in [9.17, 15) is 14.7 Å². The second kappa shape index (κ2) is 9.28. The number of amides is 2. The molecule has 0 bridgehead atoms. The van der Waals surface area contributed by atoms with E-state index in [1.807, 2.05) is 43.5 Å². The molecule has 0 heterocycles. The summed E-state index contributed by atoms with van der Waals surface area (Å²) in [4.78, 5) is 23.0. The number of aryl methyl sites for hydroxylation is 1. The average Bonchev–Trinajstić information content (AvgIpc) is 2.44. The van der Waals surface area contributed by atoms with Crippen LogP contribution in [0.25, 0.3) is 0 Å². The van der Waals surface area contributed by atoms with Crippen LogP contribution < -0.4 is 10.6 Å². The van der Waals surface area contributed by atoms with E-state index < -0.39 is 18.0 Å². The van der Waals surface area contributed by atoms with Crippen molar-refractivity contribution < 1.29 is 14.7 Å². The third-order valence-electron chi connectivity index (χ3n) is 2.96. The molecule has 1 aromatic rings. The molecule has 0 fully saturated rings. The number of benzene rings is 1. The quantitative estimate of drug-likeness (QED) is 0.687. The minimum absolute atomic E-state index is 0.00330.